The van der Waals surface area contributed by atoms with Crippen molar-refractivity contribution in [2.24, 2.45) is 0 Å². The molecule has 1 aromatic carbocycles. The van der Waals surface area contributed by atoms with Gasteiger partial charge in [-0.3, -0.25) is 4.79 Å². The molecule has 70 valence electrons. The van der Waals surface area contributed by atoms with Crippen LogP contribution in [0.5, 0.6) is 0 Å². The van der Waals surface area contributed by atoms with Crippen molar-refractivity contribution in [3.8, 4) is 0 Å². The molecule has 2 N–H and O–H groups in total. The highest BCUT2D eigenvalue weighted by Crippen LogP contribution is 2.31. The lowest BCUT2D eigenvalue weighted by Crippen LogP contribution is -2.02. The molecule has 5 heteroatoms. The summed E-state index contributed by atoms with van der Waals surface area (Å²) >= 11 is 12.1. The van der Waals surface area contributed by atoms with Gasteiger partial charge in [0.1, 0.15) is 0 Å². The summed E-state index contributed by atoms with van der Waals surface area (Å²) in [5.41, 5.74) is 6.54. The monoisotopic (exact) mass is 325 g/mol. The molecule has 0 aliphatic heterocycles. The summed E-state index contributed by atoms with van der Waals surface area (Å²) in [5, 5.41) is 0.651. The summed E-state index contributed by atoms with van der Waals surface area (Å²) in [4.78, 5) is 11.3. The van der Waals surface area contributed by atoms with Gasteiger partial charge in [-0.25, -0.2) is 0 Å². The van der Waals surface area contributed by atoms with Crippen molar-refractivity contribution in [2.75, 3.05) is 11.1 Å². The van der Waals surface area contributed by atoms with Crippen LogP contribution in [0.2, 0.25) is 5.02 Å². The lowest BCUT2D eigenvalue weighted by atomic mass is 10.1. The quantitative estimate of drug-likeness (QED) is 0.515. The molecule has 0 bridgehead atoms. The van der Waals surface area contributed by atoms with Gasteiger partial charge in [0.25, 0.3) is 0 Å². The van der Waals surface area contributed by atoms with Crippen LogP contribution in [-0.2, 0) is 0 Å². The zero-order valence-corrected chi connectivity index (χ0v) is 10.4. The van der Waals surface area contributed by atoms with Crippen molar-refractivity contribution in [3.05, 3.63) is 27.2 Å². The third kappa shape index (κ3) is 2.24. The van der Waals surface area contributed by atoms with Gasteiger partial charge in [-0.15, -0.1) is 0 Å². The van der Waals surface area contributed by atoms with E-state index in [0.717, 1.165) is 0 Å². The Morgan fingerprint density at radius 2 is 2.15 bits per heavy atom. The lowest BCUT2D eigenvalue weighted by Gasteiger charge is -2.05. The molecule has 0 aliphatic carbocycles. The number of halogens is 3. The number of anilines is 1. The van der Waals surface area contributed by atoms with Gasteiger partial charge >= 0.3 is 0 Å². The number of ketones is 1. The maximum Gasteiger partial charge on any atom is 0.174 e. The Balaban J connectivity index is 3.26. The number of carbonyl (C=O) groups excluding carboxylic acids is 1. The molecule has 1 rings (SSSR count). The van der Waals surface area contributed by atoms with E-state index in [0.29, 0.717) is 20.7 Å². The molecule has 0 spiro atoms. The number of Topliss-reactive ketones (excluding diaryl/α,β-unsaturated/α-hetero) is 1. The van der Waals surface area contributed by atoms with Crippen molar-refractivity contribution in [1.82, 2.24) is 0 Å². The highest BCUT2D eigenvalue weighted by atomic mass is 79.9. The van der Waals surface area contributed by atoms with Crippen LogP contribution >= 0.6 is 43.5 Å². The van der Waals surface area contributed by atoms with Gasteiger partial charge in [0.2, 0.25) is 0 Å². The van der Waals surface area contributed by atoms with Gasteiger partial charge in [-0.2, -0.15) is 0 Å². The molecule has 0 aliphatic rings. The first-order valence-corrected chi connectivity index (χ1v) is 5.69. The fraction of sp³-hybridized carbons (Fsp3) is 0.125. The Kier molecular flexibility index (Phi) is 3.76. The molecule has 0 saturated heterocycles. The Morgan fingerprint density at radius 3 is 2.69 bits per heavy atom. The van der Waals surface area contributed by atoms with E-state index in [-0.39, 0.29) is 11.1 Å². The van der Waals surface area contributed by atoms with Gasteiger partial charge in [-0.05, 0) is 28.1 Å². The summed E-state index contributed by atoms with van der Waals surface area (Å²) in [5.74, 6) is -0.0335. The van der Waals surface area contributed by atoms with Crippen molar-refractivity contribution in [2.45, 2.75) is 0 Å². The highest BCUT2D eigenvalue weighted by Gasteiger charge is 2.12. The first kappa shape index (κ1) is 11.0. The number of carbonyl (C=O) groups is 1. The van der Waals surface area contributed by atoms with Crippen LogP contribution in [0.1, 0.15) is 10.4 Å². The minimum atomic E-state index is -0.0335. The highest BCUT2D eigenvalue weighted by molar-refractivity contribution is 9.10. The number of nitrogen functional groups attached to an aromatic ring is 1. The van der Waals surface area contributed by atoms with Crippen LogP contribution in [-0.4, -0.2) is 11.1 Å². The molecule has 0 unspecified atom stereocenters. The average Bonchev–Trinajstić information content (AvgIpc) is 2.13. The second-order valence-electron chi connectivity index (χ2n) is 2.39. The zero-order valence-electron chi connectivity index (χ0n) is 6.48. The molecular formula is C8H6Br2ClNO. The lowest BCUT2D eigenvalue weighted by molar-refractivity contribution is 0.102. The molecule has 13 heavy (non-hydrogen) atoms. The second kappa shape index (κ2) is 4.44. The van der Waals surface area contributed by atoms with Crippen molar-refractivity contribution >= 4 is 54.9 Å². The van der Waals surface area contributed by atoms with Gasteiger partial charge in [0, 0.05) is 10.0 Å². The molecule has 0 radical (unpaired) electrons. The SMILES string of the molecule is Nc1ccc(C(=O)CBr)c(Br)c1Cl. The summed E-state index contributed by atoms with van der Waals surface area (Å²) in [6, 6.07) is 3.26. The van der Waals surface area contributed by atoms with E-state index in [1.54, 1.807) is 12.1 Å². The number of benzene rings is 1. The number of hydrogen-bond acceptors (Lipinski definition) is 2. The van der Waals surface area contributed by atoms with Gasteiger partial charge in [0.05, 0.1) is 16.0 Å². The Labute approximate surface area is 97.7 Å². The molecule has 0 amide bonds. The minimum Gasteiger partial charge on any atom is -0.397 e. The maximum absolute atomic E-state index is 11.3. The van der Waals surface area contributed by atoms with E-state index in [2.05, 4.69) is 31.9 Å². The van der Waals surface area contributed by atoms with E-state index < -0.39 is 0 Å². The molecule has 0 saturated carbocycles. The third-order valence-corrected chi connectivity index (χ3v) is 3.50. The summed E-state index contributed by atoms with van der Waals surface area (Å²) in [6.07, 6.45) is 0. The van der Waals surface area contributed by atoms with Crippen LogP contribution in [0.3, 0.4) is 0 Å². The fourth-order valence-corrected chi connectivity index (χ4v) is 1.90. The van der Waals surface area contributed by atoms with Crippen LogP contribution in [0.15, 0.2) is 16.6 Å². The second-order valence-corrected chi connectivity index (χ2v) is 4.12. The smallest absolute Gasteiger partial charge is 0.174 e. The van der Waals surface area contributed by atoms with Crippen molar-refractivity contribution < 1.29 is 4.79 Å². The topological polar surface area (TPSA) is 43.1 Å². The normalized spacial score (nSPS) is 10.1. The first-order valence-electron chi connectivity index (χ1n) is 3.40. The predicted octanol–water partition coefficient (Wildman–Crippen LogP) is 3.26. The van der Waals surface area contributed by atoms with E-state index in [4.69, 9.17) is 17.3 Å². The molecule has 0 heterocycles. The molecule has 0 aromatic heterocycles. The molecule has 0 fully saturated rings. The largest absolute Gasteiger partial charge is 0.397 e. The van der Waals surface area contributed by atoms with Crippen molar-refractivity contribution in [1.29, 1.82) is 0 Å². The van der Waals surface area contributed by atoms with Crippen LogP contribution in [0.4, 0.5) is 5.69 Å². The Morgan fingerprint density at radius 1 is 1.54 bits per heavy atom. The van der Waals surface area contributed by atoms with Gasteiger partial charge in [0.15, 0.2) is 5.78 Å². The fourth-order valence-electron chi connectivity index (χ4n) is 0.852. The number of alkyl halides is 1. The van der Waals surface area contributed by atoms with E-state index >= 15 is 0 Å². The van der Waals surface area contributed by atoms with Crippen molar-refractivity contribution in [3.63, 3.8) is 0 Å². The number of nitrogens with two attached hydrogens (primary N) is 1. The Hall–Kier alpha value is -0.0600. The van der Waals surface area contributed by atoms with Gasteiger partial charge in [-0.1, -0.05) is 27.5 Å². The van der Waals surface area contributed by atoms with Gasteiger partial charge < -0.3 is 5.73 Å². The maximum atomic E-state index is 11.3. The van der Waals surface area contributed by atoms with Crippen LogP contribution in [0.25, 0.3) is 0 Å². The molecule has 2 nitrogen and oxygen atoms in total. The predicted molar refractivity (Wildman–Crippen MR) is 61.7 cm³/mol. The molecule has 1 aromatic rings. The van der Waals surface area contributed by atoms with Crippen LogP contribution < -0.4 is 5.73 Å². The zero-order chi connectivity index (χ0) is 10.0. The van der Waals surface area contributed by atoms with E-state index in [1.807, 2.05) is 0 Å². The molecule has 0 atom stereocenters. The minimum absolute atomic E-state index is 0.0335. The standard InChI is InChI=1S/C8H6Br2ClNO/c9-3-6(13)4-1-2-5(12)8(11)7(4)10/h1-2H,3,12H2. The Bertz CT molecular complexity index is 354. The van der Waals surface area contributed by atoms with E-state index in [9.17, 15) is 4.79 Å². The van der Waals surface area contributed by atoms with Crippen LogP contribution in [0, 0.1) is 0 Å². The number of rotatable bonds is 2. The average molecular weight is 327 g/mol. The molecular weight excluding hydrogens is 321 g/mol. The third-order valence-electron chi connectivity index (χ3n) is 1.53. The summed E-state index contributed by atoms with van der Waals surface area (Å²) in [6.45, 7) is 0. The summed E-state index contributed by atoms with van der Waals surface area (Å²) < 4.78 is 0.554. The summed E-state index contributed by atoms with van der Waals surface area (Å²) in [7, 11) is 0. The van der Waals surface area contributed by atoms with E-state index in [1.165, 1.54) is 0 Å². The number of hydrogen-bond donors (Lipinski definition) is 1. The first-order chi connectivity index (χ1) is 6.07.